The fraction of sp³-hybridized carbons (Fsp3) is 0.167. The summed E-state index contributed by atoms with van der Waals surface area (Å²) in [5.41, 5.74) is 3.04. The first kappa shape index (κ1) is 15.0. The zero-order valence-corrected chi connectivity index (χ0v) is 12.9. The van der Waals surface area contributed by atoms with E-state index >= 15 is 0 Å². The number of benzene rings is 1. The van der Waals surface area contributed by atoms with Gasteiger partial charge < -0.3 is 10.6 Å². The van der Waals surface area contributed by atoms with Crippen molar-refractivity contribution in [3.8, 4) is 0 Å². The highest BCUT2D eigenvalue weighted by molar-refractivity contribution is 5.93. The Morgan fingerprint density at radius 1 is 1.09 bits per heavy atom. The number of rotatable bonds is 5. The Balaban J connectivity index is 1.79. The van der Waals surface area contributed by atoms with Crippen molar-refractivity contribution in [2.45, 2.75) is 13.3 Å². The van der Waals surface area contributed by atoms with Crippen molar-refractivity contribution in [3.63, 3.8) is 0 Å². The first-order valence-electron chi connectivity index (χ1n) is 7.63. The van der Waals surface area contributed by atoms with Gasteiger partial charge in [-0.1, -0.05) is 25.1 Å². The van der Waals surface area contributed by atoms with E-state index in [1.165, 1.54) is 0 Å². The number of carbonyl (C=O) groups is 1. The summed E-state index contributed by atoms with van der Waals surface area (Å²) in [7, 11) is 0. The highest BCUT2D eigenvalue weighted by atomic mass is 16.1. The molecule has 1 amide bonds. The van der Waals surface area contributed by atoms with Gasteiger partial charge in [0.05, 0.1) is 23.1 Å². The smallest absolute Gasteiger partial charge is 0.269 e. The Bertz CT molecular complexity index is 809. The van der Waals surface area contributed by atoms with E-state index in [1.54, 1.807) is 18.5 Å². The second-order valence-electron chi connectivity index (χ2n) is 5.19. The quantitative estimate of drug-likeness (QED) is 0.757. The number of nitrogens with zero attached hydrogens (tertiary/aromatic N) is 2. The van der Waals surface area contributed by atoms with Crippen molar-refractivity contribution < 1.29 is 4.79 Å². The normalized spacial score (nSPS) is 10.5. The molecule has 5 nitrogen and oxygen atoms in total. The lowest BCUT2D eigenvalue weighted by Crippen LogP contribution is -2.24. The lowest BCUT2D eigenvalue weighted by Gasteiger charge is -2.09. The number of anilines is 2. The maximum atomic E-state index is 11.8. The van der Waals surface area contributed by atoms with Gasteiger partial charge in [0.15, 0.2) is 0 Å². The Morgan fingerprint density at radius 3 is 2.74 bits per heavy atom. The van der Waals surface area contributed by atoms with Gasteiger partial charge in [0.2, 0.25) is 0 Å². The number of fused-ring (bicyclic) bond motifs is 1. The number of pyridine rings is 2. The lowest BCUT2D eigenvalue weighted by molar-refractivity contribution is 0.0949. The topological polar surface area (TPSA) is 66.9 Å². The van der Waals surface area contributed by atoms with Crippen LogP contribution in [0.25, 0.3) is 10.9 Å². The third-order valence-corrected chi connectivity index (χ3v) is 3.44. The molecule has 0 saturated heterocycles. The highest BCUT2D eigenvalue weighted by Crippen LogP contribution is 2.24. The Hall–Kier alpha value is -2.95. The second-order valence-corrected chi connectivity index (χ2v) is 5.19. The van der Waals surface area contributed by atoms with Crippen LogP contribution in [0.5, 0.6) is 0 Å². The average molecular weight is 306 g/mol. The van der Waals surface area contributed by atoms with Gasteiger partial charge in [-0.25, -0.2) is 4.98 Å². The van der Waals surface area contributed by atoms with Crippen LogP contribution in [-0.2, 0) is 0 Å². The van der Waals surface area contributed by atoms with Crippen LogP contribution in [-0.4, -0.2) is 22.4 Å². The van der Waals surface area contributed by atoms with E-state index in [-0.39, 0.29) is 5.91 Å². The van der Waals surface area contributed by atoms with Crippen LogP contribution in [0.3, 0.4) is 0 Å². The molecular formula is C18H18N4O. The van der Waals surface area contributed by atoms with Crippen molar-refractivity contribution >= 4 is 28.2 Å². The predicted molar refractivity (Wildman–Crippen MR) is 91.9 cm³/mol. The van der Waals surface area contributed by atoms with E-state index in [4.69, 9.17) is 0 Å². The summed E-state index contributed by atoms with van der Waals surface area (Å²) in [6.07, 6.45) is 4.33. The van der Waals surface area contributed by atoms with E-state index in [2.05, 4.69) is 20.6 Å². The minimum atomic E-state index is -0.148. The SMILES string of the molecule is CCCNC(=O)c1ccc(Nc2cccc3cccnc23)cn1. The molecule has 3 aromatic rings. The number of hydrogen-bond acceptors (Lipinski definition) is 4. The first-order chi connectivity index (χ1) is 11.3. The largest absolute Gasteiger partial charge is 0.352 e. The van der Waals surface area contributed by atoms with Gasteiger partial charge in [-0.2, -0.15) is 0 Å². The third-order valence-electron chi connectivity index (χ3n) is 3.44. The molecule has 0 atom stereocenters. The number of aromatic nitrogens is 2. The van der Waals surface area contributed by atoms with Crippen LogP contribution in [0.2, 0.25) is 0 Å². The summed E-state index contributed by atoms with van der Waals surface area (Å²) >= 11 is 0. The number of hydrogen-bond donors (Lipinski definition) is 2. The number of carbonyl (C=O) groups excluding carboxylic acids is 1. The predicted octanol–water partition coefficient (Wildman–Crippen LogP) is 3.51. The third kappa shape index (κ3) is 3.45. The number of para-hydroxylation sites is 1. The summed E-state index contributed by atoms with van der Waals surface area (Å²) in [5, 5.41) is 7.18. The molecule has 1 aromatic carbocycles. The first-order valence-corrected chi connectivity index (χ1v) is 7.63. The molecule has 0 aliphatic carbocycles. The maximum absolute atomic E-state index is 11.8. The highest BCUT2D eigenvalue weighted by Gasteiger charge is 2.07. The van der Waals surface area contributed by atoms with E-state index < -0.39 is 0 Å². The molecule has 2 N–H and O–H groups in total. The van der Waals surface area contributed by atoms with Gasteiger partial charge in [-0.3, -0.25) is 9.78 Å². The lowest BCUT2D eigenvalue weighted by atomic mass is 10.2. The van der Waals surface area contributed by atoms with Crippen molar-refractivity contribution in [2.75, 3.05) is 11.9 Å². The molecule has 0 unspecified atom stereocenters. The monoisotopic (exact) mass is 306 g/mol. The summed E-state index contributed by atoms with van der Waals surface area (Å²) in [6, 6.07) is 13.5. The van der Waals surface area contributed by atoms with Gasteiger partial charge in [0.25, 0.3) is 5.91 Å². The van der Waals surface area contributed by atoms with Crippen LogP contribution in [0.1, 0.15) is 23.8 Å². The van der Waals surface area contributed by atoms with Crippen molar-refractivity contribution in [1.82, 2.24) is 15.3 Å². The summed E-state index contributed by atoms with van der Waals surface area (Å²) in [5.74, 6) is -0.148. The molecule has 0 aliphatic heterocycles. The molecule has 23 heavy (non-hydrogen) atoms. The Kier molecular flexibility index (Phi) is 4.47. The molecule has 0 aliphatic rings. The van der Waals surface area contributed by atoms with E-state index in [9.17, 15) is 4.79 Å². The van der Waals surface area contributed by atoms with Gasteiger partial charge in [-0.15, -0.1) is 0 Å². The van der Waals surface area contributed by atoms with Gasteiger partial charge in [-0.05, 0) is 30.7 Å². The molecule has 116 valence electrons. The van der Waals surface area contributed by atoms with Crippen molar-refractivity contribution in [2.24, 2.45) is 0 Å². The molecule has 2 aromatic heterocycles. The van der Waals surface area contributed by atoms with E-state index in [0.717, 1.165) is 28.7 Å². The van der Waals surface area contributed by atoms with Crippen molar-refractivity contribution in [1.29, 1.82) is 0 Å². The van der Waals surface area contributed by atoms with Gasteiger partial charge >= 0.3 is 0 Å². The minimum absolute atomic E-state index is 0.148. The molecule has 0 radical (unpaired) electrons. The molecular weight excluding hydrogens is 288 g/mol. The zero-order chi connectivity index (χ0) is 16.1. The molecule has 2 heterocycles. The molecule has 0 spiro atoms. The molecule has 0 bridgehead atoms. The maximum Gasteiger partial charge on any atom is 0.269 e. The van der Waals surface area contributed by atoms with Crippen molar-refractivity contribution in [3.05, 3.63) is 60.6 Å². The van der Waals surface area contributed by atoms with Crippen LogP contribution in [0.4, 0.5) is 11.4 Å². The summed E-state index contributed by atoms with van der Waals surface area (Å²) < 4.78 is 0. The minimum Gasteiger partial charge on any atom is -0.352 e. The van der Waals surface area contributed by atoms with Gasteiger partial charge in [0, 0.05) is 18.1 Å². The van der Waals surface area contributed by atoms with Crippen LogP contribution in [0, 0.1) is 0 Å². The Labute approximate surface area is 134 Å². The van der Waals surface area contributed by atoms with Gasteiger partial charge in [0.1, 0.15) is 5.69 Å². The molecule has 0 saturated carbocycles. The Morgan fingerprint density at radius 2 is 1.96 bits per heavy atom. The molecule has 0 fully saturated rings. The summed E-state index contributed by atoms with van der Waals surface area (Å²) in [4.78, 5) is 20.5. The van der Waals surface area contributed by atoms with Crippen LogP contribution >= 0.6 is 0 Å². The molecule has 3 rings (SSSR count). The average Bonchev–Trinajstić information content (AvgIpc) is 2.60. The zero-order valence-electron chi connectivity index (χ0n) is 12.9. The second kappa shape index (κ2) is 6.87. The fourth-order valence-electron chi connectivity index (χ4n) is 2.29. The standard InChI is InChI=1S/C18H18N4O/c1-2-10-20-18(23)16-9-8-14(12-21-16)22-15-7-3-5-13-6-4-11-19-17(13)15/h3-9,11-12,22H,2,10H2,1H3,(H,20,23). The summed E-state index contributed by atoms with van der Waals surface area (Å²) in [6.45, 7) is 2.67. The number of nitrogens with one attached hydrogen (secondary N) is 2. The molecule has 5 heteroatoms. The van der Waals surface area contributed by atoms with E-state index in [1.807, 2.05) is 43.3 Å². The number of amides is 1. The van der Waals surface area contributed by atoms with Crippen LogP contribution < -0.4 is 10.6 Å². The van der Waals surface area contributed by atoms with Crippen LogP contribution in [0.15, 0.2) is 54.9 Å². The fourth-order valence-corrected chi connectivity index (χ4v) is 2.29. The van der Waals surface area contributed by atoms with E-state index in [0.29, 0.717) is 12.2 Å².